The molecule has 2 N–H and O–H groups in total. The summed E-state index contributed by atoms with van der Waals surface area (Å²) in [6.45, 7) is 1.85. The van der Waals surface area contributed by atoms with Crippen molar-refractivity contribution in [2.24, 2.45) is 5.41 Å². The van der Waals surface area contributed by atoms with Crippen LogP contribution >= 0.6 is 23.2 Å². The molecule has 1 aromatic carbocycles. The van der Waals surface area contributed by atoms with Gasteiger partial charge in [0.15, 0.2) is 5.82 Å². The fraction of sp³-hybridized carbons (Fsp3) is 0.444. The second-order valence-corrected chi connectivity index (χ2v) is 7.95. The SMILES string of the molecule is Oc1cc(Cl)cc(Cl)c1-c1ccc(N2CCC3(CC2)CC(O)C3)nn1. The molecule has 0 radical (unpaired) electrons. The molecule has 1 aromatic heterocycles. The Balaban J connectivity index is 1.50. The van der Waals surface area contributed by atoms with Crippen LogP contribution in [0.3, 0.4) is 0 Å². The van der Waals surface area contributed by atoms with Crippen LogP contribution in [0.15, 0.2) is 24.3 Å². The monoisotopic (exact) mass is 379 g/mol. The number of hydrogen-bond acceptors (Lipinski definition) is 5. The molecule has 1 spiro atoms. The molecule has 132 valence electrons. The van der Waals surface area contributed by atoms with Crippen molar-refractivity contribution in [1.29, 1.82) is 0 Å². The molecule has 1 saturated carbocycles. The van der Waals surface area contributed by atoms with E-state index in [1.54, 1.807) is 6.07 Å². The highest BCUT2D eigenvalue weighted by Crippen LogP contribution is 2.49. The number of rotatable bonds is 2. The van der Waals surface area contributed by atoms with E-state index in [4.69, 9.17) is 23.2 Å². The molecule has 1 aliphatic carbocycles. The summed E-state index contributed by atoms with van der Waals surface area (Å²) < 4.78 is 0. The lowest BCUT2D eigenvalue weighted by Gasteiger charge is -2.50. The summed E-state index contributed by atoms with van der Waals surface area (Å²) in [4.78, 5) is 2.22. The molecular weight excluding hydrogens is 361 g/mol. The number of piperidine rings is 1. The molecule has 0 amide bonds. The van der Waals surface area contributed by atoms with E-state index in [1.807, 2.05) is 12.1 Å². The van der Waals surface area contributed by atoms with Crippen molar-refractivity contribution in [3.05, 3.63) is 34.3 Å². The summed E-state index contributed by atoms with van der Waals surface area (Å²) in [7, 11) is 0. The standard InChI is InChI=1S/C18H19Cl2N3O2/c19-11-7-13(20)17(15(25)8-11)14-1-2-16(22-21-14)23-5-3-18(4-6-23)9-12(24)10-18/h1-2,7-8,12,24-25H,3-6,9-10H2. The van der Waals surface area contributed by atoms with Gasteiger partial charge in [-0.25, -0.2) is 0 Å². The highest BCUT2D eigenvalue weighted by molar-refractivity contribution is 6.36. The summed E-state index contributed by atoms with van der Waals surface area (Å²) in [5, 5.41) is 28.9. The topological polar surface area (TPSA) is 69.5 Å². The number of anilines is 1. The fourth-order valence-corrected chi connectivity index (χ4v) is 4.58. The lowest BCUT2D eigenvalue weighted by Crippen LogP contribution is -2.49. The fourth-order valence-electron chi connectivity index (χ4n) is 4.00. The van der Waals surface area contributed by atoms with Gasteiger partial charge in [0, 0.05) is 18.1 Å². The number of phenolic OH excluding ortho intramolecular Hbond substituents is 1. The molecule has 2 aromatic rings. The number of phenols is 1. The van der Waals surface area contributed by atoms with Crippen molar-refractivity contribution < 1.29 is 10.2 Å². The number of aromatic nitrogens is 2. The van der Waals surface area contributed by atoms with Gasteiger partial charge in [0.2, 0.25) is 0 Å². The first-order chi connectivity index (χ1) is 12.0. The third-order valence-corrected chi connectivity index (χ3v) is 5.94. The predicted octanol–water partition coefficient (Wildman–Crippen LogP) is 3.90. The Kier molecular flexibility index (Phi) is 4.26. The highest BCUT2D eigenvalue weighted by Gasteiger charge is 2.45. The van der Waals surface area contributed by atoms with Gasteiger partial charge in [-0.1, -0.05) is 23.2 Å². The third-order valence-electron chi connectivity index (χ3n) is 5.43. The van der Waals surface area contributed by atoms with Crippen molar-refractivity contribution in [1.82, 2.24) is 10.2 Å². The van der Waals surface area contributed by atoms with Crippen molar-refractivity contribution >= 4 is 29.0 Å². The van der Waals surface area contributed by atoms with E-state index in [-0.39, 0.29) is 11.9 Å². The van der Waals surface area contributed by atoms with Crippen LogP contribution in [0.4, 0.5) is 5.82 Å². The number of hydrogen-bond donors (Lipinski definition) is 2. The molecule has 2 aliphatic rings. The van der Waals surface area contributed by atoms with Crippen molar-refractivity contribution in [2.75, 3.05) is 18.0 Å². The van der Waals surface area contributed by atoms with Crippen LogP contribution in [0.1, 0.15) is 25.7 Å². The smallest absolute Gasteiger partial charge is 0.151 e. The van der Waals surface area contributed by atoms with E-state index < -0.39 is 0 Å². The maximum atomic E-state index is 10.1. The molecule has 5 nitrogen and oxygen atoms in total. The minimum atomic E-state index is -0.109. The number of aromatic hydroxyl groups is 1. The van der Waals surface area contributed by atoms with E-state index in [0.29, 0.717) is 26.7 Å². The lowest BCUT2D eigenvalue weighted by atomic mass is 9.61. The Hall–Kier alpha value is -1.56. The number of aliphatic hydroxyl groups excluding tert-OH is 1. The number of halogens is 2. The molecule has 25 heavy (non-hydrogen) atoms. The molecule has 4 rings (SSSR count). The Morgan fingerprint density at radius 1 is 1.08 bits per heavy atom. The largest absolute Gasteiger partial charge is 0.507 e. The van der Waals surface area contributed by atoms with Gasteiger partial charge in [0.05, 0.1) is 22.4 Å². The normalized spacial score (nSPS) is 19.9. The van der Waals surface area contributed by atoms with Gasteiger partial charge in [-0.3, -0.25) is 0 Å². The first kappa shape index (κ1) is 16.9. The van der Waals surface area contributed by atoms with Gasteiger partial charge in [0.25, 0.3) is 0 Å². The van der Waals surface area contributed by atoms with Crippen molar-refractivity contribution in [3.63, 3.8) is 0 Å². The zero-order valence-corrected chi connectivity index (χ0v) is 15.1. The van der Waals surface area contributed by atoms with Gasteiger partial charge in [0.1, 0.15) is 5.75 Å². The van der Waals surface area contributed by atoms with E-state index >= 15 is 0 Å². The molecule has 1 saturated heterocycles. The van der Waals surface area contributed by atoms with Crippen LogP contribution in [-0.2, 0) is 0 Å². The maximum Gasteiger partial charge on any atom is 0.151 e. The van der Waals surface area contributed by atoms with Crippen LogP contribution < -0.4 is 4.90 Å². The number of nitrogens with zero attached hydrogens (tertiary/aromatic N) is 3. The zero-order valence-electron chi connectivity index (χ0n) is 13.6. The van der Waals surface area contributed by atoms with Gasteiger partial charge in [-0.15, -0.1) is 10.2 Å². The summed E-state index contributed by atoms with van der Waals surface area (Å²) >= 11 is 12.1. The van der Waals surface area contributed by atoms with Gasteiger partial charge in [-0.05, 0) is 55.4 Å². The first-order valence-electron chi connectivity index (χ1n) is 8.41. The zero-order chi connectivity index (χ0) is 17.6. The summed E-state index contributed by atoms with van der Waals surface area (Å²) in [6, 6.07) is 6.73. The molecule has 2 fully saturated rings. The molecule has 2 heterocycles. The van der Waals surface area contributed by atoms with Gasteiger partial charge in [-0.2, -0.15) is 0 Å². The Labute approximate surface area is 156 Å². The van der Waals surface area contributed by atoms with Gasteiger partial charge < -0.3 is 15.1 Å². The van der Waals surface area contributed by atoms with E-state index in [0.717, 1.165) is 44.6 Å². The van der Waals surface area contributed by atoms with Crippen LogP contribution in [0.2, 0.25) is 10.0 Å². The van der Waals surface area contributed by atoms with Crippen LogP contribution in [0, 0.1) is 5.41 Å². The third kappa shape index (κ3) is 3.16. The Bertz CT molecular complexity index is 758. The van der Waals surface area contributed by atoms with E-state index in [1.165, 1.54) is 6.07 Å². The van der Waals surface area contributed by atoms with Gasteiger partial charge >= 0.3 is 0 Å². The highest BCUT2D eigenvalue weighted by atomic mass is 35.5. The molecular formula is C18H19Cl2N3O2. The first-order valence-corrected chi connectivity index (χ1v) is 9.17. The van der Waals surface area contributed by atoms with Crippen LogP contribution in [-0.4, -0.2) is 39.6 Å². The molecule has 0 bridgehead atoms. The average Bonchev–Trinajstić information content (AvgIpc) is 2.54. The van der Waals surface area contributed by atoms with Crippen LogP contribution in [0.25, 0.3) is 11.3 Å². The predicted molar refractivity (Wildman–Crippen MR) is 98.3 cm³/mol. The summed E-state index contributed by atoms with van der Waals surface area (Å²) in [6.07, 6.45) is 3.91. The number of benzene rings is 1. The minimum absolute atomic E-state index is 0.0111. The molecule has 1 aliphatic heterocycles. The van der Waals surface area contributed by atoms with Crippen molar-refractivity contribution in [2.45, 2.75) is 31.8 Å². The summed E-state index contributed by atoms with van der Waals surface area (Å²) in [5.41, 5.74) is 1.29. The maximum absolute atomic E-state index is 10.1. The molecule has 0 unspecified atom stereocenters. The Morgan fingerprint density at radius 3 is 2.36 bits per heavy atom. The summed E-state index contributed by atoms with van der Waals surface area (Å²) in [5.74, 6) is 0.811. The molecule has 0 atom stereocenters. The second-order valence-electron chi connectivity index (χ2n) is 7.11. The van der Waals surface area contributed by atoms with Crippen LogP contribution in [0.5, 0.6) is 5.75 Å². The number of aliphatic hydroxyl groups is 1. The van der Waals surface area contributed by atoms with E-state index in [9.17, 15) is 10.2 Å². The lowest BCUT2D eigenvalue weighted by molar-refractivity contribution is -0.0464. The average molecular weight is 380 g/mol. The quantitative estimate of drug-likeness (QED) is 0.827. The van der Waals surface area contributed by atoms with Crippen molar-refractivity contribution in [3.8, 4) is 17.0 Å². The molecule has 7 heteroatoms. The minimum Gasteiger partial charge on any atom is -0.507 e. The van der Waals surface area contributed by atoms with E-state index in [2.05, 4.69) is 15.1 Å². The Morgan fingerprint density at radius 2 is 1.80 bits per heavy atom. The second kappa shape index (κ2) is 6.31.